The molecule has 0 bridgehead atoms. The number of rotatable bonds is 62. The Bertz CT molecular complexity index is 1320. The molecule has 0 rings (SSSR count). The van der Waals surface area contributed by atoms with E-state index in [1.807, 2.05) is 0 Å². The van der Waals surface area contributed by atoms with E-state index in [0.717, 1.165) is 38.5 Å². The average Bonchev–Trinajstić information content (AvgIpc) is 3.40. The van der Waals surface area contributed by atoms with Gasteiger partial charge >= 0.3 is 19.8 Å². The summed E-state index contributed by atoms with van der Waals surface area (Å²) in [7, 11) is -4.39. The molecule has 2 atom stereocenters. The quantitative estimate of drug-likeness (QED) is 0.0264. The predicted octanol–water partition coefficient (Wildman–Crippen LogP) is 20.7. The van der Waals surface area contributed by atoms with Crippen molar-refractivity contribution in [3.05, 3.63) is 36.5 Å². The van der Waals surface area contributed by atoms with Gasteiger partial charge in [-0.2, -0.15) is 0 Å². The molecule has 0 aliphatic heterocycles. The molecule has 2 unspecified atom stereocenters. The third kappa shape index (κ3) is 61.3. The van der Waals surface area contributed by atoms with Crippen LogP contribution in [0.25, 0.3) is 0 Å². The third-order valence-corrected chi connectivity index (χ3v) is 15.5. The van der Waals surface area contributed by atoms with Gasteiger partial charge in [0.25, 0.3) is 0 Å². The fourth-order valence-corrected chi connectivity index (χ4v) is 10.4. The van der Waals surface area contributed by atoms with Crippen LogP contribution in [0.2, 0.25) is 0 Å². The van der Waals surface area contributed by atoms with E-state index >= 15 is 0 Å². The maximum Gasteiger partial charge on any atom is 0.472 e. The molecule has 0 radical (unpaired) electrons. The van der Waals surface area contributed by atoms with Crippen LogP contribution in [-0.4, -0.2) is 49.3 Å². The van der Waals surface area contributed by atoms with Crippen molar-refractivity contribution in [2.45, 2.75) is 341 Å². The van der Waals surface area contributed by atoms with Crippen molar-refractivity contribution >= 4 is 19.8 Å². The highest BCUT2D eigenvalue weighted by Gasteiger charge is 2.26. The van der Waals surface area contributed by atoms with Crippen LogP contribution in [0.15, 0.2) is 36.5 Å². The summed E-state index contributed by atoms with van der Waals surface area (Å²) in [6.45, 7) is 3.78. The van der Waals surface area contributed by atoms with Crippen molar-refractivity contribution in [1.29, 1.82) is 0 Å². The average molecular weight is 1080 g/mol. The second-order valence-corrected chi connectivity index (χ2v) is 23.4. The lowest BCUT2D eigenvalue weighted by Gasteiger charge is -2.19. The van der Waals surface area contributed by atoms with Crippen LogP contribution in [0.1, 0.15) is 335 Å². The lowest BCUT2D eigenvalue weighted by atomic mass is 10.0. The molecule has 0 saturated heterocycles. The van der Waals surface area contributed by atoms with E-state index in [1.54, 1.807) is 0 Å². The summed E-state index contributed by atoms with van der Waals surface area (Å²) in [6, 6.07) is 0. The van der Waals surface area contributed by atoms with Crippen molar-refractivity contribution in [2.24, 2.45) is 5.73 Å². The number of esters is 2. The number of allylic oxidation sites excluding steroid dienone is 6. The van der Waals surface area contributed by atoms with Crippen molar-refractivity contribution in [1.82, 2.24) is 0 Å². The van der Waals surface area contributed by atoms with Crippen molar-refractivity contribution in [3.8, 4) is 0 Å². The third-order valence-electron chi connectivity index (χ3n) is 14.5. The number of phosphoric ester groups is 1. The van der Waals surface area contributed by atoms with E-state index in [9.17, 15) is 19.0 Å². The van der Waals surface area contributed by atoms with Gasteiger partial charge in [0.2, 0.25) is 0 Å². The predicted molar refractivity (Wildman–Crippen MR) is 321 cm³/mol. The maximum absolute atomic E-state index is 12.7. The van der Waals surface area contributed by atoms with E-state index in [2.05, 4.69) is 50.3 Å². The zero-order chi connectivity index (χ0) is 54.5. The highest BCUT2D eigenvalue weighted by atomic mass is 31.2. The fraction of sp³-hybridized carbons (Fsp3) is 0.877. The monoisotopic (exact) mass is 1080 g/mol. The Morgan fingerprint density at radius 1 is 0.400 bits per heavy atom. The molecule has 3 N–H and O–H groups in total. The summed E-state index contributed by atoms with van der Waals surface area (Å²) in [5.74, 6) is -0.812. The van der Waals surface area contributed by atoms with Crippen LogP contribution >= 0.6 is 7.82 Å². The smallest absolute Gasteiger partial charge is 0.462 e. The van der Waals surface area contributed by atoms with Gasteiger partial charge in [0.1, 0.15) is 6.61 Å². The Balaban J connectivity index is 3.82. The minimum Gasteiger partial charge on any atom is -0.462 e. The summed E-state index contributed by atoms with van der Waals surface area (Å²) in [6.07, 6.45) is 75.2. The number of carbonyl (C=O) groups excluding carboxylic acids is 2. The number of nitrogens with two attached hydrogens (primary N) is 1. The molecular formula is C65H124NO8P. The molecule has 0 fully saturated rings. The van der Waals surface area contributed by atoms with E-state index in [1.165, 1.54) is 263 Å². The summed E-state index contributed by atoms with van der Waals surface area (Å²) in [5.41, 5.74) is 5.39. The molecule has 9 nitrogen and oxygen atoms in total. The summed E-state index contributed by atoms with van der Waals surface area (Å²) >= 11 is 0. The second-order valence-electron chi connectivity index (χ2n) is 22.0. The fourth-order valence-electron chi connectivity index (χ4n) is 9.67. The van der Waals surface area contributed by atoms with Gasteiger partial charge < -0.3 is 20.1 Å². The largest absolute Gasteiger partial charge is 0.472 e. The van der Waals surface area contributed by atoms with Crippen molar-refractivity contribution in [2.75, 3.05) is 26.4 Å². The van der Waals surface area contributed by atoms with Crippen molar-refractivity contribution in [3.63, 3.8) is 0 Å². The van der Waals surface area contributed by atoms with Crippen LogP contribution < -0.4 is 5.73 Å². The molecule has 75 heavy (non-hydrogen) atoms. The zero-order valence-corrected chi connectivity index (χ0v) is 50.4. The van der Waals surface area contributed by atoms with Crippen LogP contribution in [0.5, 0.6) is 0 Å². The number of ether oxygens (including phenoxy) is 2. The summed E-state index contributed by atoms with van der Waals surface area (Å²) in [4.78, 5) is 35.2. The van der Waals surface area contributed by atoms with Gasteiger partial charge in [-0.1, -0.05) is 288 Å². The van der Waals surface area contributed by atoms with Gasteiger partial charge in [0, 0.05) is 19.4 Å². The second kappa shape index (κ2) is 61.4. The Morgan fingerprint density at radius 2 is 0.693 bits per heavy atom. The first-order valence-electron chi connectivity index (χ1n) is 32.5. The molecule has 0 heterocycles. The SMILES string of the molecule is CCCCCCC/C=C\C/C=C\CCCCCCCCCCCCCCCCCCCCCCCCCC(=O)OC(COC(=O)CCCCCCCCCCC/C=C\CCCCCCCC)COP(=O)(O)OCCN. The molecule has 0 saturated carbocycles. The molecule has 0 spiro atoms. The van der Waals surface area contributed by atoms with Gasteiger partial charge in [-0.15, -0.1) is 0 Å². The Morgan fingerprint density at radius 3 is 1.03 bits per heavy atom. The van der Waals surface area contributed by atoms with E-state index in [0.29, 0.717) is 6.42 Å². The molecule has 0 aromatic rings. The minimum absolute atomic E-state index is 0.0553. The molecule has 0 aliphatic carbocycles. The topological polar surface area (TPSA) is 134 Å². The van der Waals surface area contributed by atoms with Crippen LogP contribution in [0.3, 0.4) is 0 Å². The van der Waals surface area contributed by atoms with Gasteiger partial charge in [-0.3, -0.25) is 18.6 Å². The molecule has 0 aromatic heterocycles. The van der Waals surface area contributed by atoms with E-state index in [4.69, 9.17) is 24.3 Å². The van der Waals surface area contributed by atoms with Crippen LogP contribution in [-0.2, 0) is 32.7 Å². The van der Waals surface area contributed by atoms with Gasteiger partial charge in [0.05, 0.1) is 13.2 Å². The number of carbonyl (C=O) groups is 2. The van der Waals surface area contributed by atoms with Gasteiger partial charge in [0.15, 0.2) is 6.10 Å². The van der Waals surface area contributed by atoms with Gasteiger partial charge in [-0.25, -0.2) is 4.57 Å². The molecule has 442 valence electrons. The molecule has 0 aliphatic rings. The highest BCUT2D eigenvalue weighted by Crippen LogP contribution is 2.43. The van der Waals surface area contributed by atoms with E-state index < -0.39 is 26.5 Å². The lowest BCUT2D eigenvalue weighted by molar-refractivity contribution is -0.161. The maximum atomic E-state index is 12.7. The number of hydrogen-bond donors (Lipinski definition) is 2. The molecule has 0 aromatic carbocycles. The van der Waals surface area contributed by atoms with E-state index in [-0.39, 0.29) is 38.6 Å². The summed E-state index contributed by atoms with van der Waals surface area (Å²) in [5, 5.41) is 0. The molecule has 10 heteroatoms. The van der Waals surface area contributed by atoms with Crippen molar-refractivity contribution < 1.29 is 37.6 Å². The number of unbranched alkanes of at least 4 members (excludes halogenated alkanes) is 43. The lowest BCUT2D eigenvalue weighted by Crippen LogP contribution is -2.29. The van der Waals surface area contributed by atoms with Crippen LogP contribution in [0.4, 0.5) is 0 Å². The minimum atomic E-state index is -4.39. The number of hydrogen-bond acceptors (Lipinski definition) is 8. The summed E-state index contributed by atoms with van der Waals surface area (Å²) < 4.78 is 33.1. The molecular weight excluding hydrogens is 954 g/mol. The first-order chi connectivity index (χ1) is 36.8. The molecule has 0 amide bonds. The highest BCUT2D eigenvalue weighted by molar-refractivity contribution is 7.47. The first kappa shape index (κ1) is 73.2. The first-order valence-corrected chi connectivity index (χ1v) is 34.0. The van der Waals surface area contributed by atoms with Crippen LogP contribution in [0, 0.1) is 0 Å². The standard InChI is InChI=1S/C65H124NO8P/c1-3-5-7-9-11-13-15-17-19-21-23-24-25-26-27-28-29-30-31-32-33-34-35-36-37-38-40-42-44-46-48-50-52-54-56-58-65(68)74-63(62-73-75(69,70)72-60-59-66)61-71-64(67)57-55-53-51-49-47-45-43-41-39-22-20-18-16-14-12-10-8-6-4-2/h15,17-18,20-21,23,63H,3-14,16,19,22,24-62,66H2,1-2H3,(H,69,70)/b17-15-,20-18-,23-21-. The normalized spacial score (nSPS) is 13.2. The zero-order valence-electron chi connectivity index (χ0n) is 49.6. The Hall–Kier alpha value is -1.77. The number of phosphoric acid groups is 1. The Labute approximate surface area is 464 Å². The van der Waals surface area contributed by atoms with Gasteiger partial charge in [-0.05, 0) is 70.6 Å². The Kier molecular flexibility index (Phi) is 60.0.